The van der Waals surface area contributed by atoms with Crippen molar-refractivity contribution in [3.05, 3.63) is 65.2 Å². The fourth-order valence-corrected chi connectivity index (χ4v) is 4.32. The lowest BCUT2D eigenvalue weighted by Crippen LogP contribution is -2.50. The third-order valence-electron chi connectivity index (χ3n) is 4.67. The highest BCUT2D eigenvalue weighted by Crippen LogP contribution is 2.28. The van der Waals surface area contributed by atoms with Gasteiger partial charge in [-0.1, -0.05) is 48.9 Å². The minimum atomic E-state index is -0.0307. The highest BCUT2D eigenvalue weighted by atomic mass is 35.5. The zero-order chi connectivity index (χ0) is 18.4. The van der Waals surface area contributed by atoms with Crippen molar-refractivity contribution in [3.8, 4) is 0 Å². The summed E-state index contributed by atoms with van der Waals surface area (Å²) in [4.78, 5) is 18.5. The smallest absolute Gasteiger partial charge is 0.236 e. The molecular weight excluding hydrogens is 364 g/mol. The van der Waals surface area contributed by atoms with E-state index in [1.807, 2.05) is 35.2 Å². The fourth-order valence-electron chi connectivity index (χ4n) is 3.16. The van der Waals surface area contributed by atoms with Crippen LogP contribution in [-0.4, -0.2) is 47.1 Å². The Balaban J connectivity index is 1.52. The van der Waals surface area contributed by atoms with Crippen molar-refractivity contribution in [2.75, 3.05) is 26.2 Å². The van der Waals surface area contributed by atoms with E-state index in [9.17, 15) is 4.79 Å². The lowest BCUT2D eigenvalue weighted by atomic mass is 10.2. The maximum Gasteiger partial charge on any atom is 0.236 e. The predicted octanol–water partition coefficient (Wildman–Crippen LogP) is 4.56. The molecule has 1 aliphatic rings. The molecule has 1 heterocycles. The summed E-state index contributed by atoms with van der Waals surface area (Å²) in [5, 5.41) is 0.695. The average Bonchev–Trinajstić information content (AvgIpc) is 2.68. The standard InChI is InChI=1S/C21H25ClN2OS/c1-2-20(26-19-10-8-18(22)9-11-19)21(25)24-14-12-23(13-15-24)16-17-6-4-3-5-7-17/h3-11,20H,2,12-16H2,1H3/t20-/m0/s1. The van der Waals surface area contributed by atoms with Gasteiger partial charge in [-0.25, -0.2) is 0 Å². The summed E-state index contributed by atoms with van der Waals surface area (Å²) in [6.45, 7) is 6.52. The maximum absolute atomic E-state index is 12.9. The summed E-state index contributed by atoms with van der Waals surface area (Å²) in [5.41, 5.74) is 1.33. The van der Waals surface area contributed by atoms with Crippen LogP contribution in [0.3, 0.4) is 0 Å². The molecule has 0 radical (unpaired) electrons. The van der Waals surface area contributed by atoms with E-state index in [0.29, 0.717) is 0 Å². The molecule has 3 rings (SSSR count). The molecule has 0 saturated carbocycles. The van der Waals surface area contributed by atoms with Gasteiger partial charge in [0.2, 0.25) is 5.91 Å². The Hall–Kier alpha value is -1.49. The Kier molecular flexibility index (Phi) is 7.00. The van der Waals surface area contributed by atoms with Gasteiger partial charge in [0.1, 0.15) is 0 Å². The minimum absolute atomic E-state index is 0.0307. The molecular formula is C21H25ClN2OS. The van der Waals surface area contributed by atoms with Gasteiger partial charge in [-0.2, -0.15) is 0 Å². The lowest BCUT2D eigenvalue weighted by molar-refractivity contribution is -0.132. The highest BCUT2D eigenvalue weighted by Gasteiger charge is 2.27. The largest absolute Gasteiger partial charge is 0.339 e. The summed E-state index contributed by atoms with van der Waals surface area (Å²) in [5.74, 6) is 0.256. The molecule has 2 aromatic carbocycles. The van der Waals surface area contributed by atoms with E-state index in [2.05, 4.69) is 36.1 Å². The van der Waals surface area contributed by atoms with E-state index in [-0.39, 0.29) is 11.2 Å². The number of hydrogen-bond acceptors (Lipinski definition) is 3. The van der Waals surface area contributed by atoms with Gasteiger partial charge in [0.05, 0.1) is 5.25 Å². The zero-order valence-corrected chi connectivity index (χ0v) is 16.7. The monoisotopic (exact) mass is 388 g/mol. The third-order valence-corrected chi connectivity index (χ3v) is 6.29. The van der Waals surface area contributed by atoms with Crippen molar-refractivity contribution in [3.63, 3.8) is 0 Å². The van der Waals surface area contributed by atoms with Gasteiger partial charge >= 0.3 is 0 Å². The molecule has 0 unspecified atom stereocenters. The molecule has 26 heavy (non-hydrogen) atoms. The predicted molar refractivity (Wildman–Crippen MR) is 110 cm³/mol. The molecule has 0 spiro atoms. The van der Waals surface area contributed by atoms with Crippen LogP contribution in [-0.2, 0) is 11.3 Å². The topological polar surface area (TPSA) is 23.6 Å². The van der Waals surface area contributed by atoms with Crippen molar-refractivity contribution in [1.29, 1.82) is 0 Å². The van der Waals surface area contributed by atoms with Gasteiger partial charge in [-0.3, -0.25) is 9.69 Å². The van der Waals surface area contributed by atoms with E-state index in [1.54, 1.807) is 11.8 Å². The molecule has 3 nitrogen and oxygen atoms in total. The molecule has 1 amide bonds. The molecule has 0 aromatic heterocycles. The van der Waals surface area contributed by atoms with Crippen LogP contribution in [0.2, 0.25) is 5.02 Å². The molecule has 1 fully saturated rings. The van der Waals surface area contributed by atoms with Gasteiger partial charge in [0.15, 0.2) is 0 Å². The number of benzene rings is 2. The van der Waals surface area contributed by atoms with Gasteiger partial charge in [0.25, 0.3) is 0 Å². The van der Waals surface area contributed by atoms with Crippen molar-refractivity contribution >= 4 is 29.3 Å². The summed E-state index contributed by atoms with van der Waals surface area (Å²) in [7, 11) is 0. The average molecular weight is 389 g/mol. The van der Waals surface area contributed by atoms with Crippen LogP contribution in [0.4, 0.5) is 0 Å². The first kappa shape index (κ1) is 19.3. The maximum atomic E-state index is 12.9. The number of hydrogen-bond donors (Lipinski definition) is 0. The molecule has 0 N–H and O–H groups in total. The molecule has 2 aromatic rings. The third kappa shape index (κ3) is 5.26. The van der Waals surface area contributed by atoms with Crippen LogP contribution in [0.1, 0.15) is 18.9 Å². The van der Waals surface area contributed by atoms with Crippen LogP contribution in [0, 0.1) is 0 Å². The van der Waals surface area contributed by atoms with Crippen LogP contribution in [0.25, 0.3) is 0 Å². The number of thioether (sulfide) groups is 1. The molecule has 138 valence electrons. The van der Waals surface area contributed by atoms with E-state index >= 15 is 0 Å². The van der Waals surface area contributed by atoms with Crippen molar-refractivity contribution < 1.29 is 4.79 Å². The first-order valence-electron chi connectivity index (χ1n) is 9.13. The lowest BCUT2D eigenvalue weighted by Gasteiger charge is -2.36. The number of halogens is 1. The number of carbonyl (C=O) groups excluding carboxylic acids is 1. The van der Waals surface area contributed by atoms with Gasteiger partial charge in [-0.15, -0.1) is 11.8 Å². The second-order valence-electron chi connectivity index (χ2n) is 6.56. The van der Waals surface area contributed by atoms with Gasteiger partial charge in [0, 0.05) is 42.6 Å². The summed E-state index contributed by atoms with van der Waals surface area (Å²) in [6, 6.07) is 18.3. The van der Waals surface area contributed by atoms with E-state index < -0.39 is 0 Å². The Morgan fingerprint density at radius 3 is 2.31 bits per heavy atom. The second-order valence-corrected chi connectivity index (χ2v) is 8.27. The molecule has 0 bridgehead atoms. The van der Waals surface area contributed by atoms with Crippen molar-refractivity contribution in [2.45, 2.75) is 30.0 Å². The molecule has 0 aliphatic carbocycles. The number of amides is 1. The van der Waals surface area contributed by atoms with E-state index in [4.69, 9.17) is 11.6 Å². The van der Waals surface area contributed by atoms with Gasteiger partial charge < -0.3 is 4.90 Å². The minimum Gasteiger partial charge on any atom is -0.339 e. The Morgan fingerprint density at radius 1 is 1.04 bits per heavy atom. The van der Waals surface area contributed by atoms with Gasteiger partial charge in [-0.05, 0) is 36.2 Å². The summed E-state index contributed by atoms with van der Waals surface area (Å²) >= 11 is 7.59. The van der Waals surface area contributed by atoms with E-state index in [0.717, 1.165) is 49.1 Å². The summed E-state index contributed by atoms with van der Waals surface area (Å²) in [6.07, 6.45) is 0.830. The normalized spacial score (nSPS) is 16.5. The number of rotatable bonds is 6. The Labute approximate surface area is 165 Å². The van der Waals surface area contributed by atoms with E-state index in [1.165, 1.54) is 5.56 Å². The zero-order valence-electron chi connectivity index (χ0n) is 15.1. The van der Waals surface area contributed by atoms with Crippen LogP contribution in [0.15, 0.2) is 59.5 Å². The quantitative estimate of drug-likeness (QED) is 0.678. The first-order valence-corrected chi connectivity index (χ1v) is 10.4. The van der Waals surface area contributed by atoms with Crippen LogP contribution >= 0.6 is 23.4 Å². The number of carbonyl (C=O) groups is 1. The van der Waals surface area contributed by atoms with Crippen LogP contribution in [0.5, 0.6) is 0 Å². The van der Waals surface area contributed by atoms with Crippen molar-refractivity contribution in [2.24, 2.45) is 0 Å². The van der Waals surface area contributed by atoms with Crippen molar-refractivity contribution in [1.82, 2.24) is 9.80 Å². The second kappa shape index (κ2) is 9.45. The molecule has 1 saturated heterocycles. The number of nitrogens with zero attached hydrogens (tertiary/aromatic N) is 2. The number of piperazine rings is 1. The molecule has 1 aliphatic heterocycles. The SMILES string of the molecule is CC[C@H](Sc1ccc(Cl)cc1)C(=O)N1CCN(Cc2ccccc2)CC1. The Morgan fingerprint density at radius 2 is 1.69 bits per heavy atom. The molecule has 5 heteroatoms. The van der Waals surface area contributed by atoms with Crippen LogP contribution < -0.4 is 0 Å². The highest BCUT2D eigenvalue weighted by molar-refractivity contribution is 8.00. The Bertz CT molecular complexity index is 700. The first-order chi connectivity index (χ1) is 12.7. The summed E-state index contributed by atoms with van der Waals surface area (Å²) < 4.78 is 0. The molecule has 1 atom stereocenters. The fraction of sp³-hybridized carbons (Fsp3) is 0.381.